The summed E-state index contributed by atoms with van der Waals surface area (Å²) in [5.41, 5.74) is 0. The fourth-order valence-electron chi connectivity index (χ4n) is 1.39. The molecule has 0 saturated heterocycles. The van der Waals surface area contributed by atoms with Gasteiger partial charge in [0.2, 0.25) is 0 Å². The van der Waals surface area contributed by atoms with E-state index in [4.69, 9.17) is 4.74 Å². The summed E-state index contributed by atoms with van der Waals surface area (Å²) in [5.74, 6) is -8.32. The summed E-state index contributed by atoms with van der Waals surface area (Å²) in [6, 6.07) is 4.10. The van der Waals surface area contributed by atoms with Gasteiger partial charge in [-0.1, -0.05) is 12.1 Å². The van der Waals surface area contributed by atoms with Gasteiger partial charge in [-0.3, -0.25) is 4.74 Å². The Kier molecular flexibility index (Phi) is 6.27. The van der Waals surface area contributed by atoms with E-state index in [2.05, 4.69) is 16.4 Å². The summed E-state index contributed by atoms with van der Waals surface area (Å²) < 4.78 is 138. The van der Waals surface area contributed by atoms with Gasteiger partial charge in [-0.25, -0.2) is 4.39 Å². The van der Waals surface area contributed by atoms with E-state index >= 15 is 0 Å². The highest BCUT2D eigenvalue weighted by Gasteiger charge is 2.76. The van der Waals surface area contributed by atoms with Crippen molar-refractivity contribution in [1.29, 1.82) is 0 Å². The molecular weight excluding hydrogens is 394 g/mol. The van der Waals surface area contributed by atoms with Gasteiger partial charge in [0.05, 0.1) is 6.61 Å². The second-order valence-corrected chi connectivity index (χ2v) is 4.48. The third-order valence-electron chi connectivity index (χ3n) is 2.59. The number of benzene rings is 1. The molecule has 13 heteroatoms. The molecule has 0 N–H and O–H groups in total. The minimum atomic E-state index is -6.94. The van der Waals surface area contributed by atoms with Gasteiger partial charge in [0, 0.05) is 0 Å². The van der Waals surface area contributed by atoms with E-state index in [1.54, 1.807) is 0 Å². The molecule has 0 spiro atoms. The van der Waals surface area contributed by atoms with Crippen LogP contribution in [0.25, 0.3) is 0 Å². The molecule has 149 valence electrons. The summed E-state index contributed by atoms with van der Waals surface area (Å²) in [5, 5.41) is 0. The summed E-state index contributed by atoms with van der Waals surface area (Å²) in [7, 11) is 0. The van der Waals surface area contributed by atoms with Gasteiger partial charge in [0.25, 0.3) is 0 Å². The van der Waals surface area contributed by atoms with Crippen LogP contribution in [0.1, 0.15) is 0 Å². The topological polar surface area (TPSA) is 27.7 Å². The first-order valence-electron chi connectivity index (χ1n) is 6.38. The maximum Gasteiger partial charge on any atom is 0.462 e. The number of halogens is 10. The minimum Gasteiger partial charge on any atom is -0.490 e. The van der Waals surface area contributed by atoms with Gasteiger partial charge in [-0.05, 0) is 19.1 Å². The van der Waals surface area contributed by atoms with E-state index in [9.17, 15) is 43.9 Å². The summed E-state index contributed by atoms with van der Waals surface area (Å²) >= 11 is 0. The van der Waals surface area contributed by atoms with E-state index in [1.807, 2.05) is 0 Å². The average molecular weight is 403 g/mol. The molecule has 0 fully saturated rings. The SMILES string of the molecule is [CH2]COc1ccccc1OC(F)(F)C(F)OC(F)(F)C(F)(F)C(F)(F)F. The van der Waals surface area contributed by atoms with Gasteiger partial charge in [0.1, 0.15) is 0 Å². The molecule has 1 unspecified atom stereocenters. The molecular formula is C13H9F10O3. The molecule has 0 aliphatic carbocycles. The smallest absolute Gasteiger partial charge is 0.462 e. The molecule has 0 aromatic heterocycles. The Morgan fingerprint density at radius 3 is 1.85 bits per heavy atom. The van der Waals surface area contributed by atoms with Crippen LogP contribution in [0.5, 0.6) is 11.5 Å². The minimum absolute atomic E-state index is 0.322. The van der Waals surface area contributed by atoms with Gasteiger partial charge >= 0.3 is 30.7 Å². The van der Waals surface area contributed by atoms with Crippen molar-refractivity contribution in [3.8, 4) is 11.5 Å². The monoisotopic (exact) mass is 403 g/mol. The molecule has 0 aliphatic rings. The molecule has 3 nitrogen and oxygen atoms in total. The Bertz CT molecular complexity index is 602. The Labute approximate surface area is 139 Å². The maximum atomic E-state index is 13.5. The van der Waals surface area contributed by atoms with Crippen LogP contribution in [0.3, 0.4) is 0 Å². The molecule has 0 bridgehead atoms. The number of hydrogen-bond acceptors (Lipinski definition) is 3. The highest BCUT2D eigenvalue weighted by Crippen LogP contribution is 2.48. The quantitative estimate of drug-likeness (QED) is 0.574. The second kappa shape index (κ2) is 7.37. The summed E-state index contributed by atoms with van der Waals surface area (Å²) in [6.07, 6.45) is -23.6. The molecule has 1 radical (unpaired) electrons. The molecule has 26 heavy (non-hydrogen) atoms. The van der Waals surface area contributed by atoms with Crippen LogP contribution in [0.15, 0.2) is 24.3 Å². The number of ether oxygens (including phenoxy) is 3. The van der Waals surface area contributed by atoms with Crippen molar-refractivity contribution in [2.45, 2.75) is 30.7 Å². The van der Waals surface area contributed by atoms with Crippen LogP contribution in [-0.4, -0.2) is 37.3 Å². The molecule has 1 atom stereocenters. The number of rotatable bonds is 8. The molecule has 1 aromatic carbocycles. The normalized spacial score (nSPS) is 14.9. The first-order chi connectivity index (χ1) is 11.7. The molecule has 1 aromatic rings. The van der Waals surface area contributed by atoms with E-state index < -0.39 is 42.2 Å². The fourth-order valence-corrected chi connectivity index (χ4v) is 1.39. The third-order valence-corrected chi connectivity index (χ3v) is 2.59. The first-order valence-corrected chi connectivity index (χ1v) is 6.38. The lowest BCUT2D eigenvalue weighted by molar-refractivity contribution is -0.460. The Balaban J connectivity index is 3.00. The number of hydrogen-bond donors (Lipinski definition) is 0. The lowest BCUT2D eigenvalue weighted by Crippen LogP contribution is -2.56. The van der Waals surface area contributed by atoms with Crippen molar-refractivity contribution in [1.82, 2.24) is 0 Å². The third kappa shape index (κ3) is 4.62. The predicted octanol–water partition coefficient (Wildman–Crippen LogP) is 4.97. The van der Waals surface area contributed by atoms with Crippen molar-refractivity contribution < 1.29 is 58.1 Å². The molecule has 0 aliphatic heterocycles. The zero-order valence-corrected chi connectivity index (χ0v) is 12.3. The molecule has 0 amide bonds. The lowest BCUT2D eigenvalue weighted by atomic mass is 10.3. The molecule has 0 heterocycles. The van der Waals surface area contributed by atoms with E-state index in [-0.39, 0.29) is 6.61 Å². The predicted molar refractivity (Wildman–Crippen MR) is 64.8 cm³/mol. The van der Waals surface area contributed by atoms with Crippen LogP contribution >= 0.6 is 0 Å². The Morgan fingerprint density at radius 2 is 1.38 bits per heavy atom. The van der Waals surface area contributed by atoms with E-state index in [0.717, 1.165) is 18.2 Å². The Morgan fingerprint density at radius 1 is 0.885 bits per heavy atom. The van der Waals surface area contributed by atoms with Gasteiger partial charge in [-0.15, -0.1) is 0 Å². The van der Waals surface area contributed by atoms with E-state index in [1.165, 1.54) is 6.07 Å². The van der Waals surface area contributed by atoms with Crippen LogP contribution in [0.4, 0.5) is 43.9 Å². The van der Waals surface area contributed by atoms with Crippen LogP contribution in [0, 0.1) is 6.92 Å². The first kappa shape index (κ1) is 22.1. The maximum absolute atomic E-state index is 13.5. The number of alkyl halides is 10. The Hall–Kier alpha value is -1.92. The van der Waals surface area contributed by atoms with Gasteiger partial charge < -0.3 is 9.47 Å². The van der Waals surface area contributed by atoms with E-state index in [0.29, 0.717) is 0 Å². The second-order valence-electron chi connectivity index (χ2n) is 4.48. The summed E-state index contributed by atoms with van der Waals surface area (Å²) in [4.78, 5) is 0. The van der Waals surface area contributed by atoms with Crippen LogP contribution in [0.2, 0.25) is 0 Å². The zero-order chi connectivity index (χ0) is 20.4. The molecule has 0 saturated carbocycles. The largest absolute Gasteiger partial charge is 0.490 e. The average Bonchev–Trinajstić information content (AvgIpc) is 2.47. The van der Waals surface area contributed by atoms with Crippen molar-refractivity contribution >= 4 is 0 Å². The van der Waals surface area contributed by atoms with Crippen LogP contribution in [-0.2, 0) is 4.74 Å². The standard InChI is InChI=1S/C13H9F10O3/c1-2-24-7-5-3-4-6-8(7)25-10(15,16)9(14)26-13(22,23)11(17,18)12(19,20)21/h3-6,9H,1-2H2. The van der Waals surface area contributed by atoms with Gasteiger partial charge in [-0.2, -0.15) is 39.5 Å². The highest BCUT2D eigenvalue weighted by atomic mass is 19.4. The highest BCUT2D eigenvalue weighted by molar-refractivity contribution is 5.39. The van der Waals surface area contributed by atoms with Crippen LogP contribution < -0.4 is 9.47 Å². The molecule has 1 rings (SSSR count). The van der Waals surface area contributed by atoms with Crippen molar-refractivity contribution in [2.75, 3.05) is 6.61 Å². The van der Waals surface area contributed by atoms with Crippen molar-refractivity contribution in [3.63, 3.8) is 0 Å². The van der Waals surface area contributed by atoms with Crippen molar-refractivity contribution in [3.05, 3.63) is 31.2 Å². The fraction of sp³-hybridized carbons (Fsp3) is 0.462. The van der Waals surface area contributed by atoms with Crippen molar-refractivity contribution in [2.24, 2.45) is 0 Å². The zero-order valence-electron chi connectivity index (χ0n) is 12.3. The number of para-hydroxylation sites is 2. The summed E-state index contributed by atoms with van der Waals surface area (Å²) in [6.45, 7) is 2.88. The van der Waals surface area contributed by atoms with Gasteiger partial charge in [0.15, 0.2) is 11.5 Å². The lowest BCUT2D eigenvalue weighted by Gasteiger charge is -2.30.